The molecule has 6 nitrogen and oxygen atoms in total. The third-order valence-electron chi connectivity index (χ3n) is 4.39. The highest BCUT2D eigenvalue weighted by Gasteiger charge is 2.34. The van der Waals surface area contributed by atoms with Crippen LogP contribution in [-0.2, 0) is 37.1 Å². The van der Waals surface area contributed by atoms with Gasteiger partial charge in [-0.3, -0.25) is 9.59 Å². The second-order valence-corrected chi connectivity index (χ2v) is 6.78. The molecule has 2 aromatic rings. The van der Waals surface area contributed by atoms with E-state index in [1.54, 1.807) is 0 Å². The maximum Gasteiger partial charge on any atom is 0.329 e. The molecule has 146 valence electrons. The summed E-state index contributed by atoms with van der Waals surface area (Å²) in [6.07, 6.45) is 1.34. The fraction of sp³-hybridized carbons (Fsp3) is 0.318. The van der Waals surface area contributed by atoms with Crippen molar-refractivity contribution in [3.8, 4) is 0 Å². The van der Waals surface area contributed by atoms with E-state index in [0.29, 0.717) is 0 Å². The van der Waals surface area contributed by atoms with E-state index in [1.807, 2.05) is 60.7 Å². The van der Waals surface area contributed by atoms with Crippen LogP contribution in [0.25, 0.3) is 0 Å². The number of rotatable bonds is 9. The molecule has 1 amide bonds. The molecule has 1 aliphatic carbocycles. The first-order valence-electron chi connectivity index (χ1n) is 9.32. The first-order chi connectivity index (χ1) is 13.6. The van der Waals surface area contributed by atoms with Crippen molar-refractivity contribution in [2.75, 3.05) is 0 Å². The van der Waals surface area contributed by atoms with Gasteiger partial charge in [-0.15, -0.1) is 0 Å². The van der Waals surface area contributed by atoms with Crippen LogP contribution in [0.4, 0.5) is 0 Å². The summed E-state index contributed by atoms with van der Waals surface area (Å²) < 4.78 is 10.5. The van der Waals surface area contributed by atoms with E-state index >= 15 is 0 Å². The lowest BCUT2D eigenvalue weighted by atomic mass is 10.2. The van der Waals surface area contributed by atoms with Gasteiger partial charge in [0.1, 0.15) is 19.3 Å². The SMILES string of the molecule is O=C(C[C@H](NC(=O)C1CC1)C(=O)OCc1ccccc1)OCc1ccccc1. The molecule has 0 bridgehead atoms. The summed E-state index contributed by atoms with van der Waals surface area (Å²) in [7, 11) is 0. The smallest absolute Gasteiger partial charge is 0.329 e. The standard InChI is InChI=1S/C22H23NO5/c24-20(27-14-16-7-3-1-4-8-16)13-19(23-21(25)18-11-12-18)22(26)28-15-17-9-5-2-6-10-17/h1-10,18-19H,11-15H2,(H,23,25)/t19-/m0/s1. The molecule has 6 heteroatoms. The fourth-order valence-electron chi connectivity index (χ4n) is 2.62. The zero-order valence-electron chi connectivity index (χ0n) is 15.5. The Hall–Kier alpha value is -3.15. The number of carbonyl (C=O) groups is 3. The Balaban J connectivity index is 1.54. The topological polar surface area (TPSA) is 81.7 Å². The average molecular weight is 381 g/mol. The molecule has 3 rings (SSSR count). The summed E-state index contributed by atoms with van der Waals surface area (Å²) in [5.74, 6) is -1.52. The van der Waals surface area contributed by atoms with Gasteiger partial charge in [0.15, 0.2) is 0 Å². The van der Waals surface area contributed by atoms with E-state index in [2.05, 4.69) is 5.32 Å². The molecule has 2 aromatic carbocycles. The van der Waals surface area contributed by atoms with Gasteiger partial charge in [0.25, 0.3) is 0 Å². The van der Waals surface area contributed by atoms with Crippen molar-refractivity contribution in [1.82, 2.24) is 5.32 Å². The van der Waals surface area contributed by atoms with E-state index in [9.17, 15) is 14.4 Å². The van der Waals surface area contributed by atoms with Gasteiger partial charge < -0.3 is 14.8 Å². The van der Waals surface area contributed by atoms with Crippen molar-refractivity contribution >= 4 is 17.8 Å². The second-order valence-electron chi connectivity index (χ2n) is 6.78. The minimum atomic E-state index is -1.06. The number of carbonyl (C=O) groups excluding carboxylic acids is 3. The summed E-state index contributed by atoms with van der Waals surface area (Å²) in [5, 5.41) is 2.63. The molecule has 1 atom stereocenters. The Labute approximate surface area is 163 Å². The predicted octanol–water partition coefficient (Wildman–Crippen LogP) is 2.76. The summed E-state index contributed by atoms with van der Waals surface area (Å²) in [5.41, 5.74) is 1.68. The Morgan fingerprint density at radius 1 is 0.857 bits per heavy atom. The van der Waals surface area contributed by atoms with E-state index < -0.39 is 18.0 Å². The fourth-order valence-corrected chi connectivity index (χ4v) is 2.62. The van der Waals surface area contributed by atoms with Gasteiger partial charge in [0, 0.05) is 5.92 Å². The van der Waals surface area contributed by atoms with E-state index in [-0.39, 0.29) is 31.5 Å². The maximum absolute atomic E-state index is 12.5. The van der Waals surface area contributed by atoms with Crippen LogP contribution in [0.5, 0.6) is 0 Å². The summed E-state index contributed by atoms with van der Waals surface area (Å²) in [4.78, 5) is 36.7. The van der Waals surface area contributed by atoms with E-state index in [1.165, 1.54) is 0 Å². The predicted molar refractivity (Wildman–Crippen MR) is 102 cm³/mol. The summed E-state index contributed by atoms with van der Waals surface area (Å²) >= 11 is 0. The van der Waals surface area contributed by atoms with Crippen LogP contribution in [0.1, 0.15) is 30.4 Å². The Morgan fingerprint density at radius 2 is 1.39 bits per heavy atom. The van der Waals surface area contributed by atoms with Crippen LogP contribution >= 0.6 is 0 Å². The quantitative estimate of drug-likeness (QED) is 0.676. The molecule has 1 saturated carbocycles. The molecule has 0 radical (unpaired) electrons. The van der Waals surface area contributed by atoms with Gasteiger partial charge >= 0.3 is 11.9 Å². The van der Waals surface area contributed by atoms with Gasteiger partial charge in [-0.25, -0.2) is 4.79 Å². The van der Waals surface area contributed by atoms with Crippen molar-refractivity contribution in [2.24, 2.45) is 5.92 Å². The maximum atomic E-state index is 12.5. The summed E-state index contributed by atoms with van der Waals surface area (Å²) in [6.45, 7) is 0.191. The largest absolute Gasteiger partial charge is 0.461 e. The van der Waals surface area contributed by atoms with Crippen molar-refractivity contribution in [1.29, 1.82) is 0 Å². The Bertz CT molecular complexity index is 802. The number of hydrogen-bond acceptors (Lipinski definition) is 5. The highest BCUT2D eigenvalue weighted by molar-refractivity contribution is 5.89. The van der Waals surface area contributed by atoms with Gasteiger partial charge in [-0.1, -0.05) is 60.7 Å². The molecule has 28 heavy (non-hydrogen) atoms. The normalized spacial score (nSPS) is 14.0. The highest BCUT2D eigenvalue weighted by atomic mass is 16.5. The average Bonchev–Trinajstić information content (AvgIpc) is 3.57. The molecule has 1 fully saturated rings. The molecule has 1 aliphatic rings. The van der Waals surface area contributed by atoms with Crippen LogP contribution in [0, 0.1) is 5.92 Å². The van der Waals surface area contributed by atoms with Crippen molar-refractivity contribution in [3.63, 3.8) is 0 Å². The second kappa shape index (κ2) is 9.69. The first-order valence-corrected chi connectivity index (χ1v) is 9.32. The molecule has 0 spiro atoms. The molecule has 0 heterocycles. The molecular formula is C22H23NO5. The van der Waals surface area contributed by atoms with Crippen molar-refractivity contribution in [3.05, 3.63) is 71.8 Å². The molecule has 0 aromatic heterocycles. The van der Waals surface area contributed by atoms with Gasteiger partial charge in [-0.2, -0.15) is 0 Å². The lowest BCUT2D eigenvalue weighted by molar-refractivity contribution is -0.155. The number of benzene rings is 2. The Kier molecular flexibility index (Phi) is 6.78. The van der Waals surface area contributed by atoms with Gasteiger partial charge in [-0.05, 0) is 24.0 Å². The molecular weight excluding hydrogens is 358 g/mol. The van der Waals surface area contributed by atoms with Gasteiger partial charge in [0.2, 0.25) is 5.91 Å². The molecule has 0 saturated heterocycles. The first kappa shape index (κ1) is 19.6. The molecule has 0 unspecified atom stereocenters. The zero-order chi connectivity index (χ0) is 19.8. The van der Waals surface area contributed by atoms with Crippen molar-refractivity contribution in [2.45, 2.75) is 38.5 Å². The van der Waals surface area contributed by atoms with Crippen LogP contribution in [0.2, 0.25) is 0 Å². The number of amides is 1. The van der Waals surface area contributed by atoms with Crippen LogP contribution < -0.4 is 5.32 Å². The van der Waals surface area contributed by atoms with Crippen LogP contribution in [0.3, 0.4) is 0 Å². The van der Waals surface area contributed by atoms with Gasteiger partial charge in [0.05, 0.1) is 6.42 Å². The third-order valence-corrected chi connectivity index (χ3v) is 4.39. The highest BCUT2D eigenvalue weighted by Crippen LogP contribution is 2.29. The minimum Gasteiger partial charge on any atom is -0.461 e. The van der Waals surface area contributed by atoms with E-state index in [0.717, 1.165) is 24.0 Å². The Morgan fingerprint density at radius 3 is 1.93 bits per heavy atom. The number of ether oxygens (including phenoxy) is 2. The van der Waals surface area contributed by atoms with Crippen LogP contribution in [0.15, 0.2) is 60.7 Å². The number of esters is 2. The number of nitrogens with one attached hydrogen (secondary N) is 1. The van der Waals surface area contributed by atoms with Crippen molar-refractivity contribution < 1.29 is 23.9 Å². The third kappa shape index (κ3) is 6.23. The van der Waals surface area contributed by atoms with Crippen LogP contribution in [-0.4, -0.2) is 23.9 Å². The summed E-state index contributed by atoms with van der Waals surface area (Å²) in [6, 6.07) is 17.4. The zero-order valence-corrected chi connectivity index (χ0v) is 15.5. The lowest BCUT2D eigenvalue weighted by Gasteiger charge is -2.17. The monoisotopic (exact) mass is 381 g/mol. The van der Waals surface area contributed by atoms with E-state index in [4.69, 9.17) is 9.47 Å². The molecule has 1 N–H and O–H groups in total. The number of hydrogen-bond donors (Lipinski definition) is 1. The molecule has 0 aliphatic heterocycles. The minimum absolute atomic E-state index is 0.0779. The lowest BCUT2D eigenvalue weighted by Crippen LogP contribution is -2.44.